The third-order valence-corrected chi connectivity index (χ3v) is 6.98. The van der Waals surface area contributed by atoms with Crippen molar-refractivity contribution in [3.05, 3.63) is 93.1 Å². The molecule has 0 aliphatic carbocycles. The Morgan fingerprint density at radius 1 is 1.00 bits per heavy atom. The number of nitrogens with zero attached hydrogens (tertiary/aromatic N) is 1. The second-order valence-corrected chi connectivity index (χ2v) is 9.45. The number of rotatable bonds is 8. The van der Waals surface area contributed by atoms with E-state index < -0.39 is 23.2 Å². The van der Waals surface area contributed by atoms with Crippen LogP contribution in [-0.4, -0.2) is 31.3 Å². The van der Waals surface area contributed by atoms with E-state index in [4.69, 9.17) is 23.4 Å². The lowest BCUT2D eigenvalue weighted by molar-refractivity contribution is 0.0714. The Hall–Kier alpha value is -4.53. The number of unbranched alkanes of at least 4 members (excludes halogenated alkanes) is 1. The van der Waals surface area contributed by atoms with Gasteiger partial charge in [-0.3, -0.25) is 9.59 Å². The summed E-state index contributed by atoms with van der Waals surface area (Å²) in [7, 11) is 1.54. The Bertz CT molecular complexity index is 1650. The van der Waals surface area contributed by atoms with Crippen LogP contribution >= 0.6 is 0 Å². The Kier molecular flexibility index (Phi) is 6.34. The topological polar surface area (TPSA) is 87.4 Å². The number of amides is 1. The van der Waals surface area contributed by atoms with Crippen LogP contribution < -0.4 is 24.4 Å². The van der Waals surface area contributed by atoms with Crippen molar-refractivity contribution in [2.45, 2.75) is 32.4 Å². The second-order valence-electron chi connectivity index (χ2n) is 9.45. The predicted molar refractivity (Wildman–Crippen MR) is 140 cm³/mol. The minimum Gasteiger partial charge on any atom is -0.493 e. The van der Waals surface area contributed by atoms with E-state index in [0.717, 1.165) is 24.5 Å². The molecule has 200 valence electrons. The molecule has 6 rings (SSSR count). The van der Waals surface area contributed by atoms with Crippen molar-refractivity contribution in [2.24, 2.45) is 0 Å². The predicted octanol–water partition coefficient (Wildman–Crippen LogP) is 5.59. The van der Waals surface area contributed by atoms with Crippen LogP contribution in [0, 0.1) is 5.82 Å². The third-order valence-electron chi connectivity index (χ3n) is 6.98. The van der Waals surface area contributed by atoms with E-state index in [2.05, 4.69) is 6.92 Å². The molecule has 0 unspecified atom stereocenters. The first-order valence-corrected chi connectivity index (χ1v) is 12.7. The monoisotopic (exact) mass is 531 g/mol. The maximum absolute atomic E-state index is 14.1. The lowest BCUT2D eigenvalue weighted by Gasteiger charge is -2.26. The molecule has 2 aliphatic rings. The van der Waals surface area contributed by atoms with Gasteiger partial charge in [-0.15, -0.1) is 0 Å². The molecule has 39 heavy (non-hydrogen) atoms. The number of methoxy groups -OCH3 is 1. The van der Waals surface area contributed by atoms with E-state index in [9.17, 15) is 14.0 Å². The number of hydrogen-bond donors (Lipinski definition) is 0. The zero-order valence-corrected chi connectivity index (χ0v) is 21.5. The van der Waals surface area contributed by atoms with Gasteiger partial charge in [-0.2, -0.15) is 0 Å². The van der Waals surface area contributed by atoms with Crippen molar-refractivity contribution in [3.63, 3.8) is 0 Å². The molecule has 8 nitrogen and oxygen atoms in total. The molecule has 4 aromatic rings. The molecule has 0 saturated carbocycles. The van der Waals surface area contributed by atoms with Crippen LogP contribution in [0.5, 0.6) is 23.0 Å². The summed E-state index contributed by atoms with van der Waals surface area (Å²) in [5.74, 6) is 1.17. The number of ether oxygens (including phenoxy) is 4. The van der Waals surface area contributed by atoms with Gasteiger partial charge < -0.3 is 28.3 Å². The van der Waals surface area contributed by atoms with Crippen LogP contribution in [-0.2, 0) is 6.54 Å². The smallest absolute Gasteiger partial charge is 0.291 e. The molecular weight excluding hydrogens is 505 g/mol. The molecule has 0 bridgehead atoms. The molecule has 0 saturated heterocycles. The van der Waals surface area contributed by atoms with Crippen LogP contribution in [0.2, 0.25) is 0 Å². The Labute approximate surface area is 223 Å². The van der Waals surface area contributed by atoms with E-state index in [-0.39, 0.29) is 35.6 Å². The van der Waals surface area contributed by atoms with Crippen molar-refractivity contribution < 1.29 is 32.5 Å². The first-order chi connectivity index (χ1) is 19.0. The summed E-state index contributed by atoms with van der Waals surface area (Å²) in [5.41, 5.74) is 1.25. The molecule has 0 radical (unpaired) electrons. The van der Waals surface area contributed by atoms with Crippen molar-refractivity contribution in [1.82, 2.24) is 4.90 Å². The highest BCUT2D eigenvalue weighted by atomic mass is 19.1. The molecule has 0 N–H and O–H groups in total. The normalized spacial score (nSPS) is 15.6. The fraction of sp³-hybridized carbons (Fsp3) is 0.267. The van der Waals surface area contributed by atoms with E-state index >= 15 is 0 Å². The van der Waals surface area contributed by atoms with Gasteiger partial charge >= 0.3 is 0 Å². The molecule has 9 heteroatoms. The summed E-state index contributed by atoms with van der Waals surface area (Å²) in [6.07, 6.45) is 1.88. The molecular formula is C30H26FNO7. The second kappa shape index (κ2) is 9.98. The molecule has 3 aromatic carbocycles. The number of carbonyl (C=O) groups is 1. The van der Waals surface area contributed by atoms with Crippen molar-refractivity contribution >= 4 is 16.9 Å². The highest BCUT2D eigenvalue weighted by molar-refractivity contribution is 5.99. The van der Waals surface area contributed by atoms with E-state index in [0.29, 0.717) is 35.2 Å². The molecule has 1 aromatic heterocycles. The van der Waals surface area contributed by atoms with E-state index in [1.54, 1.807) is 29.2 Å². The van der Waals surface area contributed by atoms with Crippen LogP contribution in [0.3, 0.4) is 0 Å². The van der Waals surface area contributed by atoms with Crippen LogP contribution in [0.1, 0.15) is 53.1 Å². The minimum atomic E-state index is -0.805. The SMILES string of the molecule is CCCCOc1ccc([C@H]2c3c(oc4ccc(F)cc4c3=O)C(=O)N2Cc2ccc3c(c2)OCO3)cc1OC. The van der Waals surface area contributed by atoms with Crippen LogP contribution in [0.25, 0.3) is 11.0 Å². The first-order valence-electron chi connectivity index (χ1n) is 12.7. The van der Waals surface area contributed by atoms with Crippen molar-refractivity contribution in [1.29, 1.82) is 0 Å². The summed E-state index contributed by atoms with van der Waals surface area (Å²) in [6, 6.07) is 13.7. The van der Waals surface area contributed by atoms with E-state index in [1.807, 2.05) is 12.1 Å². The molecule has 3 heterocycles. The highest BCUT2D eigenvalue weighted by Crippen LogP contribution is 2.42. The maximum Gasteiger partial charge on any atom is 0.291 e. The number of fused-ring (bicyclic) bond motifs is 3. The summed E-state index contributed by atoms with van der Waals surface area (Å²) in [6.45, 7) is 2.90. The molecule has 0 fully saturated rings. The van der Waals surface area contributed by atoms with Gasteiger partial charge in [0.15, 0.2) is 28.4 Å². The lowest BCUT2D eigenvalue weighted by Crippen LogP contribution is -2.29. The van der Waals surface area contributed by atoms with Gasteiger partial charge in [0.25, 0.3) is 5.91 Å². The third kappa shape index (κ3) is 4.33. The van der Waals surface area contributed by atoms with Crippen LogP contribution in [0.4, 0.5) is 4.39 Å². The quantitative estimate of drug-likeness (QED) is 0.274. The van der Waals surface area contributed by atoms with Gasteiger partial charge in [0.05, 0.1) is 30.7 Å². The van der Waals surface area contributed by atoms with Crippen LogP contribution in [0.15, 0.2) is 63.8 Å². The average molecular weight is 532 g/mol. The van der Waals surface area contributed by atoms with Gasteiger partial charge in [-0.1, -0.05) is 25.5 Å². The number of benzene rings is 3. The standard InChI is InChI=1S/C30H26FNO7/c1-3-4-11-36-22-9-6-18(13-24(22)35-2)27-26-28(33)20-14-19(31)7-10-21(20)39-29(26)30(34)32(27)15-17-5-8-23-25(12-17)38-16-37-23/h5-10,12-14,27H,3-4,11,15-16H2,1-2H3/t27-/m0/s1. The number of carbonyl (C=O) groups excluding carboxylic acids is 1. The summed E-state index contributed by atoms with van der Waals surface area (Å²) >= 11 is 0. The maximum atomic E-state index is 14.1. The highest BCUT2D eigenvalue weighted by Gasteiger charge is 2.43. The fourth-order valence-corrected chi connectivity index (χ4v) is 5.04. The number of halogens is 1. The Balaban J connectivity index is 1.48. The fourth-order valence-electron chi connectivity index (χ4n) is 5.04. The van der Waals surface area contributed by atoms with Gasteiger partial charge in [0.1, 0.15) is 11.4 Å². The summed E-state index contributed by atoms with van der Waals surface area (Å²) in [4.78, 5) is 29.1. The van der Waals surface area contributed by atoms with Gasteiger partial charge in [0.2, 0.25) is 12.6 Å². The van der Waals surface area contributed by atoms with Crippen molar-refractivity contribution in [3.8, 4) is 23.0 Å². The van der Waals surface area contributed by atoms with Crippen molar-refractivity contribution in [2.75, 3.05) is 20.5 Å². The number of hydrogen-bond acceptors (Lipinski definition) is 7. The molecule has 0 spiro atoms. The molecule has 1 amide bonds. The lowest BCUT2D eigenvalue weighted by atomic mass is 9.97. The first kappa shape index (κ1) is 24.8. The molecule has 1 atom stereocenters. The average Bonchev–Trinajstić information content (AvgIpc) is 3.52. The zero-order valence-electron chi connectivity index (χ0n) is 21.5. The van der Waals surface area contributed by atoms with Gasteiger partial charge in [-0.25, -0.2) is 4.39 Å². The largest absolute Gasteiger partial charge is 0.493 e. The van der Waals surface area contributed by atoms with Gasteiger partial charge in [-0.05, 0) is 60.0 Å². The molecule has 2 aliphatic heterocycles. The summed E-state index contributed by atoms with van der Waals surface area (Å²) in [5, 5.41) is 0.0722. The zero-order chi connectivity index (χ0) is 27.1. The Morgan fingerprint density at radius 2 is 1.85 bits per heavy atom. The summed E-state index contributed by atoms with van der Waals surface area (Å²) < 4.78 is 42.4. The van der Waals surface area contributed by atoms with Gasteiger partial charge in [0, 0.05) is 6.54 Å². The Morgan fingerprint density at radius 3 is 2.67 bits per heavy atom. The minimum absolute atomic E-state index is 0.0629. The van der Waals surface area contributed by atoms with E-state index in [1.165, 1.54) is 19.2 Å².